The van der Waals surface area contributed by atoms with Gasteiger partial charge < -0.3 is 10.6 Å². The van der Waals surface area contributed by atoms with Gasteiger partial charge in [-0.1, -0.05) is 83.9 Å². The van der Waals surface area contributed by atoms with E-state index in [1.807, 2.05) is 48.5 Å². The Labute approximate surface area is 177 Å². The fourth-order valence-electron chi connectivity index (χ4n) is 3.43. The fraction of sp³-hybridized carbons (Fsp3) is 0.0741. The quantitative estimate of drug-likeness (QED) is 0.376. The van der Waals surface area contributed by atoms with Crippen LogP contribution in [0.25, 0.3) is 22.3 Å². The summed E-state index contributed by atoms with van der Waals surface area (Å²) < 4.78 is 0. The highest BCUT2D eigenvalue weighted by Crippen LogP contribution is 2.24. The third kappa shape index (κ3) is 4.76. The molecule has 0 aromatic heterocycles. The largest absolute Gasteiger partial charge is 0.323 e. The van der Waals surface area contributed by atoms with Crippen LogP contribution < -0.4 is 10.6 Å². The fourth-order valence-corrected chi connectivity index (χ4v) is 3.43. The molecule has 0 aliphatic carbocycles. The molecule has 0 spiro atoms. The van der Waals surface area contributed by atoms with Gasteiger partial charge in [0.25, 0.3) is 0 Å². The van der Waals surface area contributed by atoms with Gasteiger partial charge in [0.1, 0.15) is 0 Å². The maximum atomic E-state index is 12.4. The Balaban J connectivity index is 1.38. The van der Waals surface area contributed by atoms with Crippen molar-refractivity contribution in [3.05, 3.63) is 108 Å². The van der Waals surface area contributed by atoms with Gasteiger partial charge in [-0.3, -0.25) is 0 Å². The average molecular weight is 393 g/mol. The van der Waals surface area contributed by atoms with E-state index < -0.39 is 0 Å². The predicted octanol–water partition coefficient (Wildman–Crippen LogP) is 7.28. The summed E-state index contributed by atoms with van der Waals surface area (Å²) in [4.78, 5) is 12.4. The third-order valence-electron chi connectivity index (χ3n) is 4.99. The van der Waals surface area contributed by atoms with Crippen molar-refractivity contribution in [1.29, 1.82) is 0 Å². The van der Waals surface area contributed by atoms with Crippen molar-refractivity contribution < 1.29 is 4.79 Å². The Bertz CT molecular complexity index is 1070. The molecule has 0 atom stereocenters. The molecular formula is C27H24N2O. The van der Waals surface area contributed by atoms with Gasteiger partial charge in [0.05, 0.1) is 0 Å². The third-order valence-corrected chi connectivity index (χ3v) is 4.99. The maximum absolute atomic E-state index is 12.4. The molecule has 4 rings (SSSR count). The molecule has 0 aliphatic heterocycles. The van der Waals surface area contributed by atoms with Gasteiger partial charge in [0, 0.05) is 11.4 Å². The SMILES string of the molecule is Cc1cccc(-c2ccc(NC(=O)Nc3ccc(-c4cccc(C)c4)cc3)cc2)c1. The van der Waals surface area contributed by atoms with Crippen LogP contribution in [0, 0.1) is 13.8 Å². The van der Waals surface area contributed by atoms with E-state index in [2.05, 4.69) is 73.0 Å². The zero-order valence-corrected chi connectivity index (χ0v) is 17.1. The minimum atomic E-state index is -0.262. The summed E-state index contributed by atoms with van der Waals surface area (Å²) in [7, 11) is 0. The summed E-state index contributed by atoms with van der Waals surface area (Å²) >= 11 is 0. The van der Waals surface area contributed by atoms with E-state index in [9.17, 15) is 4.79 Å². The summed E-state index contributed by atoms with van der Waals surface area (Å²) in [6, 6.07) is 32.2. The Morgan fingerprint density at radius 2 is 0.933 bits per heavy atom. The lowest BCUT2D eigenvalue weighted by Gasteiger charge is -2.10. The molecule has 0 saturated heterocycles. The Hall–Kier alpha value is -3.85. The van der Waals surface area contributed by atoms with Crippen molar-refractivity contribution in [3.8, 4) is 22.3 Å². The first kappa shape index (κ1) is 19.5. The summed E-state index contributed by atoms with van der Waals surface area (Å²) in [6.07, 6.45) is 0. The van der Waals surface area contributed by atoms with Crippen LogP contribution in [0.5, 0.6) is 0 Å². The summed E-state index contributed by atoms with van der Waals surface area (Å²) in [6.45, 7) is 4.16. The first-order valence-corrected chi connectivity index (χ1v) is 9.99. The van der Waals surface area contributed by atoms with Gasteiger partial charge in [-0.15, -0.1) is 0 Å². The van der Waals surface area contributed by atoms with Crippen molar-refractivity contribution in [1.82, 2.24) is 0 Å². The molecule has 148 valence electrons. The Morgan fingerprint density at radius 1 is 0.533 bits per heavy atom. The molecule has 0 fully saturated rings. The number of carbonyl (C=O) groups is 1. The molecule has 4 aromatic carbocycles. The second kappa shape index (κ2) is 8.66. The first-order valence-electron chi connectivity index (χ1n) is 9.99. The van der Waals surface area contributed by atoms with E-state index >= 15 is 0 Å². The molecule has 30 heavy (non-hydrogen) atoms. The van der Waals surface area contributed by atoms with Crippen LogP contribution in [0.1, 0.15) is 11.1 Å². The number of amides is 2. The van der Waals surface area contributed by atoms with Crippen molar-refractivity contribution in [2.75, 3.05) is 10.6 Å². The van der Waals surface area contributed by atoms with Crippen molar-refractivity contribution >= 4 is 17.4 Å². The highest BCUT2D eigenvalue weighted by atomic mass is 16.2. The highest BCUT2D eigenvalue weighted by molar-refractivity contribution is 6.00. The van der Waals surface area contributed by atoms with E-state index in [0.717, 1.165) is 22.5 Å². The number of rotatable bonds is 4. The Morgan fingerprint density at radius 3 is 1.30 bits per heavy atom. The number of anilines is 2. The molecule has 2 N–H and O–H groups in total. The number of aryl methyl sites for hydroxylation is 2. The molecule has 0 aliphatic rings. The van der Waals surface area contributed by atoms with Crippen LogP contribution in [0.15, 0.2) is 97.1 Å². The smallest absolute Gasteiger partial charge is 0.308 e. The van der Waals surface area contributed by atoms with Crippen molar-refractivity contribution in [2.24, 2.45) is 0 Å². The van der Waals surface area contributed by atoms with Gasteiger partial charge in [-0.05, 0) is 60.4 Å². The molecule has 0 radical (unpaired) electrons. The van der Waals surface area contributed by atoms with Gasteiger partial charge in [0.15, 0.2) is 0 Å². The Kier molecular flexibility index (Phi) is 5.62. The van der Waals surface area contributed by atoms with Crippen LogP contribution in [-0.4, -0.2) is 6.03 Å². The van der Waals surface area contributed by atoms with Crippen LogP contribution >= 0.6 is 0 Å². The number of hydrogen-bond acceptors (Lipinski definition) is 1. The lowest BCUT2D eigenvalue weighted by Crippen LogP contribution is -2.19. The van der Waals surface area contributed by atoms with E-state index in [0.29, 0.717) is 0 Å². The number of carbonyl (C=O) groups excluding carboxylic acids is 1. The zero-order valence-electron chi connectivity index (χ0n) is 17.1. The lowest BCUT2D eigenvalue weighted by atomic mass is 10.0. The van der Waals surface area contributed by atoms with Crippen LogP contribution in [-0.2, 0) is 0 Å². The second-order valence-electron chi connectivity index (χ2n) is 7.47. The number of hydrogen-bond donors (Lipinski definition) is 2. The second-order valence-corrected chi connectivity index (χ2v) is 7.47. The monoisotopic (exact) mass is 392 g/mol. The minimum Gasteiger partial charge on any atom is -0.308 e. The van der Waals surface area contributed by atoms with Crippen molar-refractivity contribution in [2.45, 2.75) is 13.8 Å². The minimum absolute atomic E-state index is 0.262. The summed E-state index contributed by atoms with van der Waals surface area (Å²) in [5.41, 5.74) is 8.53. The van der Waals surface area contributed by atoms with E-state index in [-0.39, 0.29) is 6.03 Å². The summed E-state index contributed by atoms with van der Waals surface area (Å²) in [5, 5.41) is 5.77. The molecule has 2 amide bonds. The molecule has 3 nitrogen and oxygen atoms in total. The number of nitrogens with one attached hydrogen (secondary N) is 2. The number of benzene rings is 4. The number of urea groups is 1. The van der Waals surface area contributed by atoms with Gasteiger partial charge in [-0.25, -0.2) is 4.79 Å². The topological polar surface area (TPSA) is 41.1 Å². The van der Waals surface area contributed by atoms with E-state index in [4.69, 9.17) is 0 Å². The average Bonchev–Trinajstić information content (AvgIpc) is 2.75. The van der Waals surface area contributed by atoms with Gasteiger partial charge >= 0.3 is 6.03 Å². The maximum Gasteiger partial charge on any atom is 0.323 e. The first-order chi connectivity index (χ1) is 14.6. The molecule has 0 unspecified atom stereocenters. The normalized spacial score (nSPS) is 10.5. The lowest BCUT2D eigenvalue weighted by molar-refractivity contribution is 0.262. The van der Waals surface area contributed by atoms with Crippen LogP contribution in [0.3, 0.4) is 0 Å². The van der Waals surface area contributed by atoms with Gasteiger partial charge in [-0.2, -0.15) is 0 Å². The van der Waals surface area contributed by atoms with Crippen LogP contribution in [0.2, 0.25) is 0 Å². The molecule has 0 bridgehead atoms. The summed E-state index contributed by atoms with van der Waals surface area (Å²) in [5.74, 6) is 0. The van der Waals surface area contributed by atoms with Gasteiger partial charge in [0.2, 0.25) is 0 Å². The molecule has 3 heteroatoms. The van der Waals surface area contributed by atoms with Crippen molar-refractivity contribution in [3.63, 3.8) is 0 Å². The van der Waals surface area contributed by atoms with E-state index in [1.54, 1.807) is 0 Å². The highest BCUT2D eigenvalue weighted by Gasteiger charge is 2.05. The molecular weight excluding hydrogens is 368 g/mol. The molecule has 0 saturated carbocycles. The molecule has 4 aromatic rings. The predicted molar refractivity (Wildman–Crippen MR) is 126 cm³/mol. The van der Waals surface area contributed by atoms with Crippen LogP contribution in [0.4, 0.5) is 16.2 Å². The standard InChI is InChI=1S/C27H24N2O/c1-19-5-3-7-23(17-19)21-9-13-25(14-10-21)28-27(30)29-26-15-11-22(12-16-26)24-8-4-6-20(2)18-24/h3-18H,1-2H3,(H2,28,29,30). The van der Waals surface area contributed by atoms with E-state index in [1.165, 1.54) is 22.3 Å². The zero-order chi connectivity index (χ0) is 20.9. The molecule has 0 heterocycles.